The molecule has 5 heteroatoms. The standard InChI is InChI=1S/C41H72O5/c1-3-5-7-9-11-13-15-17-19-20-22-24-26-28-30-32-34-36-41(44)46-38-39(42)37-45-40(43)35-33-31-29-27-25-23-21-18-16-14-12-10-8-6-4-2/h11,13,17,19,22,24,28,30,39,42H,3-10,12,14-16,18,20-21,23,25-27,29,31-38H2,1-2H3/b13-11+,19-17+,24-22+,30-28+. The Morgan fingerprint density at radius 1 is 0.457 bits per heavy atom. The van der Waals surface area contributed by atoms with Crippen LogP contribution in [0.2, 0.25) is 0 Å². The van der Waals surface area contributed by atoms with Gasteiger partial charge in [0.2, 0.25) is 0 Å². The number of carbonyl (C=O) groups excluding carboxylic acids is 2. The summed E-state index contributed by atoms with van der Waals surface area (Å²) < 4.78 is 10.3. The SMILES string of the molecule is CCCCC/C=C/C/C=C/C/C=C/C/C=C/CCCC(=O)OCC(O)COC(=O)CCCCCCCCCCCCCCCCC. The van der Waals surface area contributed by atoms with E-state index in [0.29, 0.717) is 19.3 Å². The van der Waals surface area contributed by atoms with Crippen molar-refractivity contribution in [1.82, 2.24) is 0 Å². The van der Waals surface area contributed by atoms with Crippen LogP contribution in [-0.4, -0.2) is 36.4 Å². The van der Waals surface area contributed by atoms with Gasteiger partial charge in [0, 0.05) is 12.8 Å². The van der Waals surface area contributed by atoms with Crippen molar-refractivity contribution in [3.05, 3.63) is 48.6 Å². The van der Waals surface area contributed by atoms with Gasteiger partial charge < -0.3 is 14.6 Å². The second-order valence-electron chi connectivity index (χ2n) is 12.7. The number of esters is 2. The fourth-order valence-corrected chi connectivity index (χ4v) is 5.14. The van der Waals surface area contributed by atoms with Crippen LogP contribution in [0.3, 0.4) is 0 Å². The Balaban J connectivity index is 3.53. The van der Waals surface area contributed by atoms with Gasteiger partial charge in [-0.2, -0.15) is 0 Å². The van der Waals surface area contributed by atoms with Crippen LogP contribution in [0.4, 0.5) is 0 Å². The van der Waals surface area contributed by atoms with E-state index in [2.05, 4.69) is 62.5 Å². The molecule has 1 atom stereocenters. The molecular formula is C41H72O5. The molecule has 0 heterocycles. The highest BCUT2D eigenvalue weighted by Gasteiger charge is 2.12. The van der Waals surface area contributed by atoms with Crippen molar-refractivity contribution in [2.24, 2.45) is 0 Å². The smallest absolute Gasteiger partial charge is 0.305 e. The van der Waals surface area contributed by atoms with Crippen molar-refractivity contribution in [2.45, 2.75) is 187 Å². The predicted octanol–water partition coefficient (Wildman–Crippen LogP) is 11.8. The Kier molecular flexibility index (Phi) is 35.6. The van der Waals surface area contributed by atoms with Gasteiger partial charge in [-0.3, -0.25) is 9.59 Å². The van der Waals surface area contributed by atoms with E-state index in [9.17, 15) is 14.7 Å². The first kappa shape index (κ1) is 43.9. The van der Waals surface area contributed by atoms with Crippen LogP contribution >= 0.6 is 0 Å². The third-order valence-corrected chi connectivity index (χ3v) is 8.07. The number of aliphatic hydroxyl groups excluding tert-OH is 1. The van der Waals surface area contributed by atoms with E-state index in [-0.39, 0.29) is 25.2 Å². The highest BCUT2D eigenvalue weighted by atomic mass is 16.6. The van der Waals surface area contributed by atoms with Crippen LogP contribution in [0.25, 0.3) is 0 Å². The molecule has 1 N–H and O–H groups in total. The van der Waals surface area contributed by atoms with Crippen LogP contribution < -0.4 is 0 Å². The molecule has 0 aliphatic heterocycles. The van der Waals surface area contributed by atoms with E-state index in [1.54, 1.807) is 0 Å². The third-order valence-electron chi connectivity index (χ3n) is 8.07. The minimum atomic E-state index is -0.984. The van der Waals surface area contributed by atoms with Gasteiger partial charge in [-0.1, -0.05) is 165 Å². The maximum Gasteiger partial charge on any atom is 0.305 e. The Morgan fingerprint density at radius 3 is 1.22 bits per heavy atom. The fourth-order valence-electron chi connectivity index (χ4n) is 5.14. The largest absolute Gasteiger partial charge is 0.463 e. The Morgan fingerprint density at radius 2 is 0.783 bits per heavy atom. The Hall–Kier alpha value is -2.14. The summed E-state index contributed by atoms with van der Waals surface area (Å²) >= 11 is 0. The number of aliphatic hydroxyl groups is 1. The molecule has 0 rings (SSSR count). The maximum absolute atomic E-state index is 11.9. The maximum atomic E-state index is 11.9. The average Bonchev–Trinajstić information content (AvgIpc) is 3.06. The van der Waals surface area contributed by atoms with Gasteiger partial charge in [-0.25, -0.2) is 0 Å². The first-order valence-electron chi connectivity index (χ1n) is 19.2. The minimum absolute atomic E-state index is 0.132. The summed E-state index contributed by atoms with van der Waals surface area (Å²) in [5, 5.41) is 9.99. The summed E-state index contributed by atoms with van der Waals surface area (Å²) in [7, 11) is 0. The fraction of sp³-hybridized carbons (Fsp3) is 0.756. The van der Waals surface area contributed by atoms with Gasteiger partial charge in [0.15, 0.2) is 0 Å². The van der Waals surface area contributed by atoms with Crippen LogP contribution in [0.1, 0.15) is 181 Å². The van der Waals surface area contributed by atoms with Gasteiger partial charge in [-0.05, 0) is 51.4 Å². The molecule has 0 aliphatic rings. The monoisotopic (exact) mass is 645 g/mol. The second kappa shape index (κ2) is 37.3. The molecule has 266 valence electrons. The topological polar surface area (TPSA) is 72.8 Å². The molecule has 1 unspecified atom stereocenters. The van der Waals surface area contributed by atoms with Gasteiger partial charge in [-0.15, -0.1) is 0 Å². The van der Waals surface area contributed by atoms with Gasteiger partial charge in [0.05, 0.1) is 0 Å². The summed E-state index contributed by atoms with van der Waals surface area (Å²) in [5.41, 5.74) is 0. The molecule has 0 saturated carbocycles. The van der Waals surface area contributed by atoms with Crippen LogP contribution in [0.15, 0.2) is 48.6 Å². The molecule has 5 nitrogen and oxygen atoms in total. The van der Waals surface area contributed by atoms with Gasteiger partial charge in [0.25, 0.3) is 0 Å². The lowest BCUT2D eigenvalue weighted by atomic mass is 10.0. The van der Waals surface area contributed by atoms with Crippen LogP contribution in [0, 0.1) is 0 Å². The number of rotatable bonds is 34. The summed E-state index contributed by atoms with van der Waals surface area (Å²) in [6, 6.07) is 0. The van der Waals surface area contributed by atoms with Crippen molar-refractivity contribution in [3.8, 4) is 0 Å². The molecule has 0 bridgehead atoms. The first-order chi connectivity index (χ1) is 22.6. The zero-order chi connectivity index (χ0) is 33.6. The number of hydrogen-bond acceptors (Lipinski definition) is 5. The number of carbonyl (C=O) groups is 2. The van der Waals surface area contributed by atoms with Gasteiger partial charge >= 0.3 is 11.9 Å². The molecule has 0 amide bonds. The molecular weight excluding hydrogens is 572 g/mol. The third kappa shape index (κ3) is 36.3. The molecule has 0 aromatic heterocycles. The molecule has 0 aromatic carbocycles. The lowest BCUT2D eigenvalue weighted by Crippen LogP contribution is -2.25. The van der Waals surface area contributed by atoms with Crippen molar-refractivity contribution in [1.29, 1.82) is 0 Å². The summed E-state index contributed by atoms with van der Waals surface area (Å²) in [5.74, 6) is -0.627. The molecule has 0 aromatic rings. The van der Waals surface area contributed by atoms with E-state index in [4.69, 9.17) is 9.47 Å². The molecule has 0 fully saturated rings. The second-order valence-corrected chi connectivity index (χ2v) is 12.7. The lowest BCUT2D eigenvalue weighted by molar-refractivity contribution is -0.152. The van der Waals surface area contributed by atoms with Crippen molar-refractivity contribution in [2.75, 3.05) is 13.2 Å². The van der Waals surface area contributed by atoms with E-state index in [1.165, 1.54) is 103 Å². The Bertz CT molecular complexity index is 782. The van der Waals surface area contributed by atoms with E-state index >= 15 is 0 Å². The molecule has 46 heavy (non-hydrogen) atoms. The summed E-state index contributed by atoms with van der Waals surface area (Å²) in [6.07, 6.45) is 45.9. The number of unbranched alkanes of at least 4 members (excludes halogenated alkanes) is 18. The first-order valence-corrected chi connectivity index (χ1v) is 19.2. The van der Waals surface area contributed by atoms with Crippen LogP contribution in [-0.2, 0) is 19.1 Å². The molecule has 0 saturated heterocycles. The lowest BCUT2D eigenvalue weighted by Gasteiger charge is -2.12. The summed E-state index contributed by atoms with van der Waals surface area (Å²) in [4.78, 5) is 23.9. The van der Waals surface area contributed by atoms with E-state index < -0.39 is 6.10 Å². The number of hydrogen-bond donors (Lipinski definition) is 1. The zero-order valence-corrected chi connectivity index (χ0v) is 30.1. The number of allylic oxidation sites excluding steroid dienone is 8. The summed E-state index contributed by atoms with van der Waals surface area (Å²) in [6.45, 7) is 4.22. The van der Waals surface area contributed by atoms with Crippen LogP contribution in [0.5, 0.6) is 0 Å². The van der Waals surface area contributed by atoms with Crippen molar-refractivity contribution in [3.63, 3.8) is 0 Å². The minimum Gasteiger partial charge on any atom is -0.463 e. The zero-order valence-electron chi connectivity index (χ0n) is 30.1. The quantitative estimate of drug-likeness (QED) is 0.0429. The number of ether oxygens (including phenoxy) is 2. The van der Waals surface area contributed by atoms with Crippen molar-refractivity contribution < 1.29 is 24.2 Å². The molecule has 0 aliphatic carbocycles. The average molecular weight is 645 g/mol. The normalized spacial score (nSPS) is 12.7. The van der Waals surface area contributed by atoms with E-state index in [1.807, 2.05) is 0 Å². The van der Waals surface area contributed by atoms with Gasteiger partial charge in [0.1, 0.15) is 19.3 Å². The predicted molar refractivity (Wildman–Crippen MR) is 196 cm³/mol. The molecule has 0 radical (unpaired) electrons. The highest BCUT2D eigenvalue weighted by Crippen LogP contribution is 2.14. The Labute approximate surface area is 284 Å². The van der Waals surface area contributed by atoms with E-state index in [0.717, 1.165) is 44.9 Å². The molecule has 0 spiro atoms. The highest BCUT2D eigenvalue weighted by molar-refractivity contribution is 5.69. The van der Waals surface area contributed by atoms with Crippen molar-refractivity contribution >= 4 is 11.9 Å².